The summed E-state index contributed by atoms with van der Waals surface area (Å²) in [6.07, 6.45) is 1.04. The van der Waals surface area contributed by atoms with Gasteiger partial charge in [-0.15, -0.1) is 0 Å². The molecule has 104 valence electrons. The van der Waals surface area contributed by atoms with Crippen molar-refractivity contribution in [3.8, 4) is 5.75 Å². The van der Waals surface area contributed by atoms with E-state index >= 15 is 0 Å². The van der Waals surface area contributed by atoms with Crippen molar-refractivity contribution >= 4 is 0 Å². The van der Waals surface area contributed by atoms with Gasteiger partial charge in [-0.05, 0) is 36.6 Å². The fraction of sp³-hybridized carbons (Fsp3) is 0.333. The minimum atomic E-state index is 0.361. The summed E-state index contributed by atoms with van der Waals surface area (Å²) in [5.74, 6) is 1.06. The van der Waals surface area contributed by atoms with E-state index in [2.05, 4.69) is 61.6 Å². The first-order valence-electron chi connectivity index (χ1n) is 7.27. The van der Waals surface area contributed by atoms with E-state index in [-0.39, 0.29) is 0 Å². The minimum Gasteiger partial charge on any atom is -0.493 e. The van der Waals surface area contributed by atoms with Gasteiger partial charge in [0, 0.05) is 19.0 Å². The van der Waals surface area contributed by atoms with Crippen LogP contribution in [0.25, 0.3) is 0 Å². The number of fused-ring (bicyclic) bond motifs is 1. The SMILES string of the molecule is Cc1ccc([C@@H](C)NCc2ccc3c(c2)CCO3)cc1. The Labute approximate surface area is 120 Å². The summed E-state index contributed by atoms with van der Waals surface area (Å²) < 4.78 is 5.54. The van der Waals surface area contributed by atoms with Crippen LogP contribution in [0.15, 0.2) is 42.5 Å². The molecule has 3 rings (SSSR count). The Morgan fingerprint density at radius 1 is 1.15 bits per heavy atom. The molecule has 0 bridgehead atoms. The first-order chi connectivity index (χ1) is 9.72. The van der Waals surface area contributed by atoms with Gasteiger partial charge in [-0.1, -0.05) is 42.0 Å². The monoisotopic (exact) mass is 267 g/mol. The first kappa shape index (κ1) is 13.2. The minimum absolute atomic E-state index is 0.361. The van der Waals surface area contributed by atoms with Crippen molar-refractivity contribution in [1.82, 2.24) is 5.32 Å². The number of rotatable bonds is 4. The molecule has 0 radical (unpaired) electrons. The fourth-order valence-corrected chi connectivity index (χ4v) is 2.59. The number of benzene rings is 2. The van der Waals surface area contributed by atoms with Crippen molar-refractivity contribution in [2.45, 2.75) is 32.9 Å². The van der Waals surface area contributed by atoms with Crippen LogP contribution in [0, 0.1) is 6.92 Å². The molecular weight excluding hydrogens is 246 g/mol. The Bertz CT molecular complexity index is 589. The van der Waals surface area contributed by atoms with E-state index in [0.717, 1.165) is 25.3 Å². The van der Waals surface area contributed by atoms with E-state index in [1.165, 1.54) is 22.3 Å². The predicted octanol–water partition coefficient (Wildman–Crippen LogP) is 3.78. The van der Waals surface area contributed by atoms with Gasteiger partial charge in [0.05, 0.1) is 6.61 Å². The van der Waals surface area contributed by atoms with Crippen molar-refractivity contribution < 1.29 is 4.74 Å². The van der Waals surface area contributed by atoms with Crippen LogP contribution < -0.4 is 10.1 Å². The average molecular weight is 267 g/mol. The van der Waals surface area contributed by atoms with Crippen LogP contribution in [0.2, 0.25) is 0 Å². The van der Waals surface area contributed by atoms with Gasteiger partial charge in [0.25, 0.3) is 0 Å². The second kappa shape index (κ2) is 5.68. The highest BCUT2D eigenvalue weighted by molar-refractivity contribution is 5.39. The Morgan fingerprint density at radius 2 is 1.95 bits per heavy atom. The van der Waals surface area contributed by atoms with Gasteiger partial charge in [0.15, 0.2) is 0 Å². The number of nitrogens with one attached hydrogen (secondary N) is 1. The lowest BCUT2D eigenvalue weighted by molar-refractivity contribution is 0.357. The zero-order valence-electron chi connectivity index (χ0n) is 12.1. The molecule has 20 heavy (non-hydrogen) atoms. The summed E-state index contributed by atoms with van der Waals surface area (Å²) in [5.41, 5.74) is 5.31. The lowest BCUT2D eigenvalue weighted by atomic mass is 10.1. The van der Waals surface area contributed by atoms with Gasteiger partial charge >= 0.3 is 0 Å². The summed E-state index contributed by atoms with van der Waals surface area (Å²) in [5, 5.41) is 3.59. The van der Waals surface area contributed by atoms with Crippen LogP contribution in [0.5, 0.6) is 5.75 Å². The molecule has 1 aliphatic rings. The highest BCUT2D eigenvalue weighted by Gasteiger charge is 2.12. The van der Waals surface area contributed by atoms with Crippen molar-refractivity contribution in [3.63, 3.8) is 0 Å². The Hall–Kier alpha value is -1.80. The summed E-state index contributed by atoms with van der Waals surface area (Å²) in [6.45, 7) is 6.05. The quantitative estimate of drug-likeness (QED) is 0.910. The van der Waals surface area contributed by atoms with E-state index < -0.39 is 0 Å². The molecule has 0 unspecified atom stereocenters. The molecule has 0 fully saturated rings. The van der Waals surface area contributed by atoms with Gasteiger partial charge in [-0.2, -0.15) is 0 Å². The first-order valence-corrected chi connectivity index (χ1v) is 7.27. The van der Waals surface area contributed by atoms with Crippen LogP contribution in [0.3, 0.4) is 0 Å². The molecule has 0 amide bonds. The van der Waals surface area contributed by atoms with Gasteiger partial charge in [-0.25, -0.2) is 0 Å². The molecule has 2 aromatic carbocycles. The topological polar surface area (TPSA) is 21.3 Å². The molecule has 2 nitrogen and oxygen atoms in total. The zero-order valence-corrected chi connectivity index (χ0v) is 12.1. The third kappa shape index (κ3) is 2.86. The van der Waals surface area contributed by atoms with Crippen LogP contribution in [0.4, 0.5) is 0 Å². The molecule has 0 spiro atoms. The van der Waals surface area contributed by atoms with E-state index in [0.29, 0.717) is 6.04 Å². The largest absolute Gasteiger partial charge is 0.493 e. The van der Waals surface area contributed by atoms with E-state index in [1.807, 2.05) is 0 Å². The summed E-state index contributed by atoms with van der Waals surface area (Å²) in [4.78, 5) is 0. The van der Waals surface area contributed by atoms with Crippen LogP contribution in [0.1, 0.15) is 35.2 Å². The summed E-state index contributed by atoms with van der Waals surface area (Å²) in [6, 6.07) is 15.6. The highest BCUT2D eigenvalue weighted by atomic mass is 16.5. The molecular formula is C18H21NO. The van der Waals surface area contributed by atoms with Crippen molar-refractivity contribution in [2.75, 3.05) is 6.61 Å². The third-order valence-corrected chi connectivity index (χ3v) is 3.94. The highest BCUT2D eigenvalue weighted by Crippen LogP contribution is 2.26. The number of ether oxygens (including phenoxy) is 1. The smallest absolute Gasteiger partial charge is 0.122 e. The number of hydrogen-bond acceptors (Lipinski definition) is 2. The number of aryl methyl sites for hydroxylation is 1. The summed E-state index contributed by atoms with van der Waals surface area (Å²) >= 11 is 0. The van der Waals surface area contributed by atoms with Crippen LogP contribution >= 0.6 is 0 Å². The molecule has 0 aliphatic carbocycles. The van der Waals surface area contributed by atoms with Gasteiger partial charge in [0.2, 0.25) is 0 Å². The maximum Gasteiger partial charge on any atom is 0.122 e. The Morgan fingerprint density at radius 3 is 2.75 bits per heavy atom. The molecule has 0 aromatic heterocycles. The Kier molecular flexibility index (Phi) is 3.75. The fourth-order valence-electron chi connectivity index (χ4n) is 2.59. The second-order valence-electron chi connectivity index (χ2n) is 5.55. The number of hydrogen-bond donors (Lipinski definition) is 1. The maximum absolute atomic E-state index is 5.54. The van der Waals surface area contributed by atoms with Crippen LogP contribution in [-0.4, -0.2) is 6.61 Å². The molecule has 0 saturated carbocycles. The lowest BCUT2D eigenvalue weighted by Gasteiger charge is -2.15. The maximum atomic E-state index is 5.54. The third-order valence-electron chi connectivity index (χ3n) is 3.94. The molecule has 1 heterocycles. The molecule has 1 atom stereocenters. The predicted molar refractivity (Wildman–Crippen MR) is 82.1 cm³/mol. The van der Waals surface area contributed by atoms with Crippen molar-refractivity contribution in [1.29, 1.82) is 0 Å². The lowest BCUT2D eigenvalue weighted by Crippen LogP contribution is -2.18. The van der Waals surface area contributed by atoms with Gasteiger partial charge < -0.3 is 10.1 Å². The molecule has 2 aromatic rings. The van der Waals surface area contributed by atoms with Gasteiger partial charge in [0.1, 0.15) is 5.75 Å². The average Bonchev–Trinajstić information content (AvgIpc) is 2.93. The van der Waals surface area contributed by atoms with E-state index in [1.54, 1.807) is 0 Å². The molecule has 1 N–H and O–H groups in total. The van der Waals surface area contributed by atoms with Crippen LogP contribution in [-0.2, 0) is 13.0 Å². The standard InChI is InChI=1S/C18H21NO/c1-13-3-6-16(7-4-13)14(2)19-12-15-5-8-18-17(11-15)9-10-20-18/h3-8,11,14,19H,9-10,12H2,1-2H3/t14-/m1/s1. The van der Waals surface area contributed by atoms with Crippen molar-refractivity contribution in [3.05, 3.63) is 64.7 Å². The van der Waals surface area contributed by atoms with Crippen molar-refractivity contribution in [2.24, 2.45) is 0 Å². The normalized spacial score (nSPS) is 14.7. The zero-order chi connectivity index (χ0) is 13.9. The Balaban J connectivity index is 1.63. The van der Waals surface area contributed by atoms with E-state index in [9.17, 15) is 0 Å². The molecule has 1 aliphatic heterocycles. The second-order valence-corrected chi connectivity index (χ2v) is 5.55. The van der Waals surface area contributed by atoms with Gasteiger partial charge in [-0.3, -0.25) is 0 Å². The molecule has 2 heteroatoms. The van der Waals surface area contributed by atoms with E-state index in [4.69, 9.17) is 4.74 Å². The summed E-state index contributed by atoms with van der Waals surface area (Å²) in [7, 11) is 0. The molecule has 0 saturated heterocycles.